The number of phosphoric ester groups is 1. The summed E-state index contributed by atoms with van der Waals surface area (Å²) in [6.45, 7) is 4.49. The van der Waals surface area contributed by atoms with Crippen LogP contribution in [0.25, 0.3) is 0 Å². The van der Waals surface area contributed by atoms with Crippen LogP contribution in [0.5, 0.6) is 0 Å². The number of carbonyl (C=O) groups excluding carboxylic acids is 3. The molecule has 0 bridgehead atoms. The van der Waals surface area contributed by atoms with Gasteiger partial charge in [-0.1, -0.05) is 246 Å². The molecule has 0 aliphatic carbocycles. The number of carbonyl (C=O) groups is 3. The fraction of sp³-hybridized carbons (Fsp3) is 0.729. The number of ether oxygens (including phenoxy) is 3. The molecule has 12 heteroatoms. The van der Waals surface area contributed by atoms with Gasteiger partial charge in [0.05, 0.1) is 19.8 Å². The van der Waals surface area contributed by atoms with E-state index in [-0.39, 0.29) is 25.9 Å². The van der Waals surface area contributed by atoms with E-state index in [0.717, 1.165) is 109 Å². The summed E-state index contributed by atoms with van der Waals surface area (Å²) < 4.78 is 39.7. The Hall–Kier alpha value is -3.60. The van der Waals surface area contributed by atoms with Gasteiger partial charge in [0, 0.05) is 19.3 Å². The largest absolute Gasteiger partial charge is 0.472 e. The third kappa shape index (κ3) is 61.0. The van der Waals surface area contributed by atoms with Crippen LogP contribution in [-0.2, 0) is 42.2 Å². The van der Waals surface area contributed by atoms with Crippen molar-refractivity contribution in [3.05, 3.63) is 97.2 Å². The zero-order valence-corrected chi connectivity index (χ0v) is 53.3. The van der Waals surface area contributed by atoms with Gasteiger partial charge in [0.2, 0.25) is 0 Å². The second-order valence-corrected chi connectivity index (χ2v) is 23.3. The van der Waals surface area contributed by atoms with E-state index in [2.05, 4.69) is 118 Å². The van der Waals surface area contributed by atoms with E-state index in [9.17, 15) is 28.9 Å². The van der Waals surface area contributed by atoms with Gasteiger partial charge in [-0.05, 0) is 122 Å². The minimum Gasteiger partial charge on any atom is -0.462 e. The molecule has 0 saturated carbocycles. The lowest BCUT2D eigenvalue weighted by Gasteiger charge is -2.21. The van der Waals surface area contributed by atoms with E-state index in [4.69, 9.17) is 23.3 Å². The maximum atomic E-state index is 13.0. The molecule has 0 aliphatic heterocycles. The van der Waals surface area contributed by atoms with Gasteiger partial charge in [-0.3, -0.25) is 23.4 Å². The molecule has 0 rings (SSSR count). The number of hydrogen-bond acceptors (Lipinski definition) is 10. The van der Waals surface area contributed by atoms with E-state index in [1.165, 1.54) is 122 Å². The molecule has 0 aromatic rings. The summed E-state index contributed by atoms with van der Waals surface area (Å²) in [7, 11) is -4.77. The molecule has 0 radical (unpaired) electrons. The van der Waals surface area contributed by atoms with Gasteiger partial charge in [-0.2, -0.15) is 0 Å². The van der Waals surface area contributed by atoms with E-state index < -0.39 is 57.8 Å². The van der Waals surface area contributed by atoms with Gasteiger partial charge in [0.15, 0.2) is 6.10 Å². The van der Waals surface area contributed by atoms with Crippen molar-refractivity contribution in [3.63, 3.8) is 0 Å². The summed E-state index contributed by atoms with van der Waals surface area (Å²) in [5.74, 6) is -1.51. The number of unbranched alkanes of at least 4 members (excludes halogenated alkanes) is 28. The van der Waals surface area contributed by atoms with E-state index >= 15 is 0 Å². The van der Waals surface area contributed by atoms with Gasteiger partial charge in [0.25, 0.3) is 0 Å². The number of esters is 3. The molecule has 0 aliphatic rings. The topological polar surface area (TPSA) is 155 Å². The molecule has 82 heavy (non-hydrogen) atoms. The predicted octanol–water partition coefficient (Wildman–Crippen LogP) is 20.4. The molecule has 3 unspecified atom stereocenters. The van der Waals surface area contributed by atoms with Crippen LogP contribution >= 0.6 is 7.82 Å². The second-order valence-electron chi connectivity index (χ2n) is 21.9. The Morgan fingerprint density at radius 3 is 1.02 bits per heavy atom. The number of aliphatic hydroxyl groups excluding tert-OH is 1. The van der Waals surface area contributed by atoms with Gasteiger partial charge < -0.3 is 24.2 Å². The molecule has 0 amide bonds. The number of phosphoric acid groups is 1. The Labute approximate surface area is 502 Å². The van der Waals surface area contributed by atoms with Crippen molar-refractivity contribution in [2.45, 2.75) is 303 Å². The lowest BCUT2D eigenvalue weighted by Crippen LogP contribution is -2.30. The maximum absolute atomic E-state index is 13.0. The number of rotatable bonds is 61. The molecule has 0 aromatic carbocycles. The molecule has 0 heterocycles. The second kappa shape index (κ2) is 63.4. The highest BCUT2D eigenvalue weighted by Gasteiger charge is 2.28. The van der Waals surface area contributed by atoms with Crippen LogP contribution in [0.1, 0.15) is 290 Å². The zero-order chi connectivity index (χ0) is 59.8. The first kappa shape index (κ1) is 78.4. The third-order valence-electron chi connectivity index (χ3n) is 14.0. The Morgan fingerprint density at radius 2 is 0.634 bits per heavy atom. The molecule has 2 N–H and O–H groups in total. The Kier molecular flexibility index (Phi) is 60.6. The van der Waals surface area contributed by atoms with Crippen LogP contribution < -0.4 is 0 Å². The molecular weight excluding hydrogens is 1050 g/mol. The molecule has 0 aromatic heterocycles. The van der Waals surface area contributed by atoms with Crippen LogP contribution in [0.3, 0.4) is 0 Å². The highest BCUT2D eigenvalue weighted by molar-refractivity contribution is 7.47. The first-order valence-electron chi connectivity index (χ1n) is 33.1. The van der Waals surface area contributed by atoms with Crippen molar-refractivity contribution in [2.24, 2.45) is 0 Å². The smallest absolute Gasteiger partial charge is 0.462 e. The van der Waals surface area contributed by atoms with Crippen molar-refractivity contribution in [1.82, 2.24) is 0 Å². The monoisotopic (exact) mass is 1170 g/mol. The van der Waals surface area contributed by atoms with Crippen molar-refractivity contribution >= 4 is 25.7 Å². The van der Waals surface area contributed by atoms with E-state index in [1.54, 1.807) is 0 Å². The molecule has 0 saturated heterocycles. The standard InChI is InChI=1S/C70H121O11P/c1-4-7-10-13-16-19-22-25-28-31-33-36-38-41-44-47-50-53-56-59-68(72)77-63-67(81-70(74)61-58-55-52-49-46-43-40-37-34-32-29-26-23-20-17-14-11-8-5-2)65-79-82(75,76)78-64-66(62-71)80-69(73)60-57-54-51-48-45-42-39-35-30-27-24-21-18-15-12-9-6-3/h8,11,17-18,20-21,25-30,34,37,43,46,66-67,71H,4-7,9-10,12-16,19,22-24,31-33,35-36,38-42,44-45,47-65H2,1-3H3,(H,75,76)/b11-8-,20-17-,21-18-,28-25-,29-26-,30-27-,37-34-,46-43-. The quantitative estimate of drug-likeness (QED) is 0.0197. The molecule has 11 nitrogen and oxygen atoms in total. The minimum atomic E-state index is -4.77. The summed E-state index contributed by atoms with van der Waals surface area (Å²) in [4.78, 5) is 48.8. The van der Waals surface area contributed by atoms with Crippen LogP contribution in [-0.4, -0.2) is 66.5 Å². The maximum Gasteiger partial charge on any atom is 0.472 e. The van der Waals surface area contributed by atoms with E-state index in [1.807, 2.05) is 0 Å². The molecule has 472 valence electrons. The third-order valence-corrected chi connectivity index (χ3v) is 14.9. The highest BCUT2D eigenvalue weighted by Crippen LogP contribution is 2.43. The Bertz CT molecular complexity index is 1750. The Balaban J connectivity index is 4.76. The number of allylic oxidation sites excluding steroid dienone is 16. The van der Waals surface area contributed by atoms with Crippen LogP contribution in [0.2, 0.25) is 0 Å². The van der Waals surface area contributed by atoms with Crippen molar-refractivity contribution in [2.75, 3.05) is 26.4 Å². The van der Waals surface area contributed by atoms with Crippen molar-refractivity contribution < 1.29 is 52.2 Å². The van der Waals surface area contributed by atoms with Crippen LogP contribution in [0, 0.1) is 0 Å². The first-order chi connectivity index (χ1) is 40.2. The molecular formula is C70H121O11P. The average Bonchev–Trinajstić information content (AvgIpc) is 3.50. The molecule has 0 spiro atoms. The minimum absolute atomic E-state index is 0.125. The normalized spacial score (nSPS) is 13.9. The summed E-state index contributed by atoms with van der Waals surface area (Å²) in [5.41, 5.74) is 0. The van der Waals surface area contributed by atoms with Crippen molar-refractivity contribution in [1.29, 1.82) is 0 Å². The predicted molar refractivity (Wildman–Crippen MR) is 344 cm³/mol. The van der Waals surface area contributed by atoms with Crippen LogP contribution in [0.4, 0.5) is 0 Å². The Morgan fingerprint density at radius 1 is 0.354 bits per heavy atom. The van der Waals surface area contributed by atoms with Gasteiger partial charge in [-0.25, -0.2) is 4.57 Å². The highest BCUT2D eigenvalue weighted by atomic mass is 31.2. The molecule has 0 fully saturated rings. The lowest BCUT2D eigenvalue weighted by molar-refractivity contribution is -0.161. The van der Waals surface area contributed by atoms with Gasteiger partial charge >= 0.3 is 25.7 Å². The van der Waals surface area contributed by atoms with Gasteiger partial charge in [0.1, 0.15) is 12.7 Å². The summed E-state index contributed by atoms with van der Waals surface area (Å²) >= 11 is 0. The fourth-order valence-electron chi connectivity index (χ4n) is 8.94. The van der Waals surface area contributed by atoms with Gasteiger partial charge in [-0.15, -0.1) is 0 Å². The number of hydrogen-bond donors (Lipinski definition) is 2. The summed E-state index contributed by atoms with van der Waals surface area (Å²) in [6.07, 6.45) is 76.4. The first-order valence-corrected chi connectivity index (χ1v) is 34.6. The van der Waals surface area contributed by atoms with Crippen LogP contribution in [0.15, 0.2) is 97.2 Å². The average molecular weight is 1170 g/mol. The lowest BCUT2D eigenvalue weighted by atomic mass is 10.1. The molecule has 3 atom stereocenters. The summed E-state index contributed by atoms with van der Waals surface area (Å²) in [6, 6.07) is 0. The van der Waals surface area contributed by atoms with Crippen molar-refractivity contribution in [3.8, 4) is 0 Å². The zero-order valence-electron chi connectivity index (χ0n) is 52.4. The SMILES string of the molecule is CC/C=C\C/C=C\C/C=C\C/C=C\C/C=C\CCCCCC(=O)OC(COC(=O)CCCCCCCCCCC/C=C\CCCCCCCC)COP(=O)(O)OCC(CO)OC(=O)CCCCCCCCC/C=C\C/C=C\CCCCC. The number of aliphatic hydroxyl groups is 1. The fourth-order valence-corrected chi connectivity index (χ4v) is 9.72. The summed E-state index contributed by atoms with van der Waals surface area (Å²) in [5, 5.41) is 9.86. The van der Waals surface area contributed by atoms with E-state index in [0.29, 0.717) is 19.3 Å².